The average Bonchev–Trinajstić information content (AvgIpc) is 3.03. The number of aromatic hydroxyl groups is 1. The van der Waals surface area contributed by atoms with Gasteiger partial charge in [0.1, 0.15) is 11.6 Å². The molecule has 1 amide bonds. The molecular formula is C23H18FN3O2. The molecule has 0 aliphatic rings. The van der Waals surface area contributed by atoms with Crippen LogP contribution in [-0.2, 0) is 11.8 Å². The van der Waals surface area contributed by atoms with Crippen molar-refractivity contribution in [3.05, 3.63) is 79.1 Å². The normalized spacial score (nSPS) is 10.8. The summed E-state index contributed by atoms with van der Waals surface area (Å²) >= 11 is 0. The van der Waals surface area contributed by atoms with E-state index < -0.39 is 5.82 Å². The van der Waals surface area contributed by atoms with Gasteiger partial charge in [0.25, 0.3) is 0 Å². The minimum absolute atomic E-state index is 0.113. The van der Waals surface area contributed by atoms with E-state index in [1.165, 1.54) is 24.3 Å². The topological polar surface area (TPSA) is 67.2 Å². The maximum atomic E-state index is 14.2. The average molecular weight is 387 g/mol. The summed E-state index contributed by atoms with van der Waals surface area (Å²) in [7, 11) is 1.84. The number of aromatic nitrogens is 2. The molecule has 4 rings (SSSR count). The summed E-state index contributed by atoms with van der Waals surface area (Å²) in [5.74, 6) is -0.872. The number of phenolic OH excluding ortho intramolecular Hbond substituents is 1. The third-order valence-electron chi connectivity index (χ3n) is 4.73. The van der Waals surface area contributed by atoms with Gasteiger partial charge in [-0.3, -0.25) is 9.48 Å². The van der Waals surface area contributed by atoms with E-state index in [0.717, 1.165) is 16.6 Å². The minimum Gasteiger partial charge on any atom is -0.507 e. The number of anilines is 1. The van der Waals surface area contributed by atoms with Crippen LogP contribution in [0, 0.1) is 5.82 Å². The number of benzene rings is 3. The van der Waals surface area contributed by atoms with Gasteiger partial charge in [0.05, 0.1) is 16.8 Å². The number of fused-ring (bicyclic) bond motifs is 1. The van der Waals surface area contributed by atoms with Gasteiger partial charge >= 0.3 is 0 Å². The van der Waals surface area contributed by atoms with Gasteiger partial charge in [-0.15, -0.1) is 0 Å². The molecule has 1 aromatic heterocycles. The van der Waals surface area contributed by atoms with Crippen LogP contribution in [0.5, 0.6) is 5.75 Å². The number of aryl methyl sites for hydroxylation is 1. The predicted molar refractivity (Wildman–Crippen MR) is 112 cm³/mol. The van der Waals surface area contributed by atoms with E-state index in [4.69, 9.17) is 0 Å². The highest BCUT2D eigenvalue weighted by Crippen LogP contribution is 2.36. The smallest absolute Gasteiger partial charge is 0.247 e. The maximum Gasteiger partial charge on any atom is 0.247 e. The van der Waals surface area contributed by atoms with E-state index in [1.54, 1.807) is 28.9 Å². The van der Waals surface area contributed by atoms with Gasteiger partial charge in [-0.1, -0.05) is 30.8 Å². The molecule has 2 N–H and O–H groups in total. The van der Waals surface area contributed by atoms with E-state index in [1.807, 2.05) is 25.2 Å². The number of carbonyl (C=O) groups is 1. The summed E-state index contributed by atoms with van der Waals surface area (Å²) in [6.07, 6.45) is 1.22. The van der Waals surface area contributed by atoms with Crippen molar-refractivity contribution in [1.29, 1.82) is 0 Å². The number of nitrogens with zero attached hydrogens (tertiary/aromatic N) is 2. The third-order valence-corrected chi connectivity index (χ3v) is 4.73. The highest BCUT2D eigenvalue weighted by Gasteiger charge is 2.15. The Labute approximate surface area is 166 Å². The molecule has 0 aliphatic heterocycles. The largest absolute Gasteiger partial charge is 0.507 e. The lowest BCUT2D eigenvalue weighted by Crippen LogP contribution is -2.06. The zero-order valence-corrected chi connectivity index (χ0v) is 15.7. The van der Waals surface area contributed by atoms with Crippen LogP contribution in [0.25, 0.3) is 33.3 Å². The molecule has 1 heterocycles. The van der Waals surface area contributed by atoms with Crippen LogP contribution in [0.3, 0.4) is 0 Å². The van der Waals surface area contributed by atoms with Crippen LogP contribution in [0.1, 0.15) is 0 Å². The molecule has 0 radical (unpaired) electrons. The molecule has 0 fully saturated rings. The highest BCUT2D eigenvalue weighted by molar-refractivity contribution is 5.99. The Bertz CT molecular complexity index is 1220. The Balaban J connectivity index is 1.76. The van der Waals surface area contributed by atoms with Crippen LogP contribution in [0.15, 0.2) is 73.3 Å². The predicted octanol–water partition coefficient (Wildman–Crippen LogP) is 4.88. The van der Waals surface area contributed by atoms with Gasteiger partial charge < -0.3 is 10.4 Å². The molecule has 4 aromatic rings. The van der Waals surface area contributed by atoms with Crippen molar-refractivity contribution in [2.24, 2.45) is 7.05 Å². The number of phenols is 1. The lowest BCUT2D eigenvalue weighted by atomic mass is 10.0. The maximum absolute atomic E-state index is 14.2. The van der Waals surface area contributed by atoms with Gasteiger partial charge in [-0.05, 0) is 48.0 Å². The number of hydrogen-bond acceptors (Lipinski definition) is 3. The molecule has 29 heavy (non-hydrogen) atoms. The Morgan fingerprint density at radius 2 is 1.86 bits per heavy atom. The monoisotopic (exact) mass is 387 g/mol. The van der Waals surface area contributed by atoms with Crippen LogP contribution in [0.2, 0.25) is 0 Å². The summed E-state index contributed by atoms with van der Waals surface area (Å²) in [6, 6.07) is 17.0. The Morgan fingerprint density at radius 1 is 1.14 bits per heavy atom. The molecule has 0 saturated carbocycles. The molecule has 0 unspecified atom stereocenters. The van der Waals surface area contributed by atoms with E-state index in [9.17, 15) is 14.3 Å². The number of nitrogens with one attached hydrogen (secondary N) is 1. The van der Waals surface area contributed by atoms with Crippen LogP contribution >= 0.6 is 0 Å². The first-order chi connectivity index (χ1) is 14.0. The van der Waals surface area contributed by atoms with Gasteiger partial charge in [0.2, 0.25) is 5.91 Å². The molecule has 0 saturated heterocycles. The van der Waals surface area contributed by atoms with E-state index >= 15 is 0 Å². The number of rotatable bonds is 4. The first-order valence-electron chi connectivity index (χ1n) is 8.96. The number of carbonyl (C=O) groups excluding carboxylic acids is 1. The highest BCUT2D eigenvalue weighted by atomic mass is 19.1. The molecule has 3 aromatic carbocycles. The van der Waals surface area contributed by atoms with Crippen molar-refractivity contribution in [2.75, 3.05) is 5.32 Å². The SMILES string of the molecule is C=CC(=O)Nc1ccc(-c2c3ccc(-c4c(O)cccc4F)cc3nn2C)cc1. The number of halogens is 1. The minimum atomic E-state index is -0.488. The standard InChI is InChI=1S/C23H18FN3O2/c1-3-21(29)25-16-10-7-14(8-11-16)23-17-12-9-15(13-19(17)26-27(23)2)22-18(24)5-4-6-20(22)28/h3-13,28H,1H2,2H3,(H,25,29). The molecular weight excluding hydrogens is 369 g/mol. The molecule has 0 atom stereocenters. The zero-order chi connectivity index (χ0) is 20.5. The molecule has 6 heteroatoms. The summed E-state index contributed by atoms with van der Waals surface area (Å²) < 4.78 is 16.0. The molecule has 5 nitrogen and oxygen atoms in total. The van der Waals surface area contributed by atoms with Crippen molar-refractivity contribution in [3.8, 4) is 28.1 Å². The molecule has 144 valence electrons. The number of hydrogen-bond donors (Lipinski definition) is 2. The van der Waals surface area contributed by atoms with Gasteiger partial charge in [0, 0.05) is 23.7 Å². The first-order valence-corrected chi connectivity index (χ1v) is 8.96. The molecule has 0 bridgehead atoms. The fourth-order valence-electron chi connectivity index (χ4n) is 3.40. The Morgan fingerprint density at radius 3 is 2.55 bits per heavy atom. The van der Waals surface area contributed by atoms with Crippen molar-refractivity contribution in [1.82, 2.24) is 9.78 Å². The van der Waals surface area contributed by atoms with E-state index in [2.05, 4.69) is 17.0 Å². The van der Waals surface area contributed by atoms with Crippen molar-refractivity contribution < 1.29 is 14.3 Å². The Kier molecular flexibility index (Phi) is 4.60. The van der Waals surface area contributed by atoms with Crippen molar-refractivity contribution in [3.63, 3.8) is 0 Å². The van der Waals surface area contributed by atoms with E-state index in [-0.39, 0.29) is 17.2 Å². The second kappa shape index (κ2) is 7.24. The Hall–Kier alpha value is -3.93. The lowest BCUT2D eigenvalue weighted by molar-refractivity contribution is -0.111. The fraction of sp³-hybridized carbons (Fsp3) is 0.0435. The number of amides is 1. The van der Waals surface area contributed by atoms with E-state index in [0.29, 0.717) is 16.8 Å². The van der Waals surface area contributed by atoms with Crippen LogP contribution in [-0.4, -0.2) is 20.8 Å². The molecule has 0 aliphatic carbocycles. The van der Waals surface area contributed by atoms with Gasteiger partial charge in [-0.25, -0.2) is 4.39 Å². The quantitative estimate of drug-likeness (QED) is 0.491. The first kappa shape index (κ1) is 18.4. The zero-order valence-electron chi connectivity index (χ0n) is 15.7. The summed E-state index contributed by atoms with van der Waals surface area (Å²) in [5.41, 5.74) is 3.89. The fourth-order valence-corrected chi connectivity index (χ4v) is 3.40. The summed E-state index contributed by atoms with van der Waals surface area (Å²) in [4.78, 5) is 11.4. The second-order valence-electron chi connectivity index (χ2n) is 6.61. The van der Waals surface area contributed by atoms with Gasteiger partial charge in [-0.2, -0.15) is 5.10 Å². The summed E-state index contributed by atoms with van der Waals surface area (Å²) in [5, 5.41) is 18.2. The van der Waals surface area contributed by atoms with Crippen molar-refractivity contribution in [2.45, 2.75) is 0 Å². The van der Waals surface area contributed by atoms with Crippen LogP contribution in [0.4, 0.5) is 10.1 Å². The molecule has 0 spiro atoms. The van der Waals surface area contributed by atoms with Crippen molar-refractivity contribution >= 4 is 22.5 Å². The second-order valence-corrected chi connectivity index (χ2v) is 6.61. The van der Waals surface area contributed by atoms with Crippen LogP contribution < -0.4 is 5.32 Å². The van der Waals surface area contributed by atoms with Gasteiger partial charge in [0.15, 0.2) is 0 Å². The third kappa shape index (κ3) is 3.36. The summed E-state index contributed by atoms with van der Waals surface area (Å²) in [6.45, 7) is 3.44. The lowest BCUT2D eigenvalue weighted by Gasteiger charge is -2.07.